The van der Waals surface area contributed by atoms with Crippen molar-refractivity contribution in [2.45, 2.75) is 89.4 Å². The molecule has 0 fully saturated rings. The summed E-state index contributed by atoms with van der Waals surface area (Å²) < 4.78 is -0.277. The van der Waals surface area contributed by atoms with Crippen molar-refractivity contribution < 1.29 is 48.3 Å². The van der Waals surface area contributed by atoms with Gasteiger partial charge < -0.3 is 38.7 Å². The van der Waals surface area contributed by atoms with E-state index >= 15 is 0 Å². The number of rotatable bonds is 14. The monoisotopic (exact) mass is 613 g/mol. The van der Waals surface area contributed by atoms with Gasteiger partial charge in [-0.3, -0.25) is 9.59 Å². The van der Waals surface area contributed by atoms with Crippen molar-refractivity contribution in [1.82, 2.24) is 0 Å². The average Bonchev–Trinajstić information content (AvgIpc) is 2.60. The molecule has 0 aliphatic rings. The minimum atomic E-state index is -1.70. The first kappa shape index (κ1) is 32.0. The highest BCUT2D eigenvalue weighted by Gasteiger charge is 2.38. The van der Waals surface area contributed by atoms with Gasteiger partial charge in [-0.2, -0.15) is 0 Å². The number of halogens is 2. The van der Waals surface area contributed by atoms with E-state index in [4.69, 9.17) is 10.2 Å². The fraction of sp³-hybridized carbons (Fsp3) is 0.900. The highest BCUT2D eigenvalue weighted by molar-refractivity contribution is 14.1. The Balaban J connectivity index is -0.000000491. The van der Waals surface area contributed by atoms with Crippen LogP contribution in [0.5, 0.6) is 0 Å². The van der Waals surface area contributed by atoms with Gasteiger partial charge in [-0.1, -0.05) is 76.0 Å². The molecule has 0 amide bonds. The molecule has 0 atom stereocenters. The average molecular weight is 613 g/mol. The van der Waals surface area contributed by atoms with E-state index in [9.17, 15) is 9.59 Å². The number of hydrogen-bond donors (Lipinski definition) is 2. The van der Waals surface area contributed by atoms with Crippen LogP contribution in [0.1, 0.15) is 86.0 Å². The topological polar surface area (TPSA) is 74.6 Å². The Labute approximate surface area is 197 Å². The Morgan fingerprint density at radius 2 is 0.963 bits per heavy atom. The number of quaternary nitrogens is 1. The van der Waals surface area contributed by atoms with Gasteiger partial charge in [-0.15, -0.1) is 0 Å². The second-order valence-electron chi connectivity index (χ2n) is 7.26. The molecular formula is C20H41I2NO4. The van der Waals surface area contributed by atoms with Crippen molar-refractivity contribution in [3.63, 3.8) is 0 Å². The summed E-state index contributed by atoms with van der Waals surface area (Å²) in [7, 11) is 0. The molecule has 0 aromatic carbocycles. The van der Waals surface area contributed by atoms with E-state index in [0.717, 1.165) is 6.92 Å². The molecule has 0 heterocycles. The van der Waals surface area contributed by atoms with Crippen LogP contribution in [0.15, 0.2) is 0 Å². The molecule has 0 aromatic rings. The molecule has 2 N–H and O–H groups in total. The molecule has 164 valence electrons. The van der Waals surface area contributed by atoms with Crippen LogP contribution in [0.25, 0.3) is 0 Å². The quantitative estimate of drug-likeness (QED) is 0.137. The molecule has 0 radical (unpaired) electrons. The summed E-state index contributed by atoms with van der Waals surface area (Å²) in [4.78, 5) is 20.1. The molecule has 27 heavy (non-hydrogen) atoms. The van der Waals surface area contributed by atoms with Gasteiger partial charge in [0.25, 0.3) is 0 Å². The van der Waals surface area contributed by atoms with Crippen molar-refractivity contribution in [2.24, 2.45) is 0 Å². The lowest BCUT2D eigenvalue weighted by molar-refractivity contribution is -0.929. The van der Waals surface area contributed by atoms with Crippen LogP contribution in [0.4, 0.5) is 0 Å². The van der Waals surface area contributed by atoms with Crippen molar-refractivity contribution in [2.75, 3.05) is 26.2 Å². The number of hydrogen-bond acceptors (Lipinski definition) is 2. The summed E-state index contributed by atoms with van der Waals surface area (Å²) in [5.41, 5.74) is 0. The summed E-state index contributed by atoms with van der Waals surface area (Å²) in [6.45, 7) is 16.1. The molecule has 0 unspecified atom stereocenters. The number of carboxylic acid groups (broad SMARTS) is 2. The highest BCUT2D eigenvalue weighted by atomic mass is 127. The van der Waals surface area contributed by atoms with E-state index in [2.05, 4.69) is 27.7 Å². The first-order valence-corrected chi connectivity index (χ1v) is 11.2. The van der Waals surface area contributed by atoms with E-state index in [0.29, 0.717) is 0 Å². The standard InChI is InChI=1S/C16H36N.C4H5IO4.HI/c1-5-9-13-17(14-10-6-2,15-11-7-3)16-12-8-4;1-4(5,2(6)7)3(8)9;/h5-16H2,1-4H3;1H3,(H,6,7)(H,8,9);1H/q+1;;/p-1. The highest BCUT2D eigenvalue weighted by Crippen LogP contribution is 2.18. The number of unbranched alkanes of at least 4 members (excludes halogenated alkanes) is 4. The van der Waals surface area contributed by atoms with Gasteiger partial charge in [0, 0.05) is 0 Å². The Bertz CT molecular complexity index is 337. The second-order valence-corrected chi connectivity index (χ2v) is 9.42. The first-order chi connectivity index (χ1) is 12.1. The van der Waals surface area contributed by atoms with Gasteiger partial charge in [0.2, 0.25) is 3.42 Å². The van der Waals surface area contributed by atoms with E-state index in [1.165, 1.54) is 105 Å². The minimum Gasteiger partial charge on any atom is -1.00 e. The Morgan fingerprint density at radius 3 is 1.07 bits per heavy atom. The lowest BCUT2D eigenvalue weighted by atomic mass is 10.1. The third-order valence-electron chi connectivity index (χ3n) is 4.75. The summed E-state index contributed by atoms with van der Waals surface area (Å²) >= 11 is 1.36. The summed E-state index contributed by atoms with van der Waals surface area (Å²) in [6, 6.07) is 0. The lowest BCUT2D eigenvalue weighted by Gasteiger charge is -2.39. The third kappa shape index (κ3) is 14.9. The van der Waals surface area contributed by atoms with Crippen LogP contribution in [0.2, 0.25) is 0 Å². The molecule has 0 saturated carbocycles. The number of carbonyl (C=O) groups is 2. The van der Waals surface area contributed by atoms with Gasteiger partial charge in [-0.25, -0.2) is 0 Å². The molecule has 0 aromatic heterocycles. The van der Waals surface area contributed by atoms with E-state index in [1.54, 1.807) is 0 Å². The van der Waals surface area contributed by atoms with Crippen LogP contribution >= 0.6 is 22.6 Å². The van der Waals surface area contributed by atoms with Gasteiger partial charge in [-0.05, 0) is 32.6 Å². The number of alkyl halides is 1. The molecule has 0 saturated heterocycles. The SMILES string of the molecule is CC(I)(C(=O)O)C(=O)O.CCCC[N+](CCCC)(CCCC)CCCC.[I-]. The normalized spacial score (nSPS) is 11.2. The van der Waals surface area contributed by atoms with Gasteiger partial charge in [0.05, 0.1) is 26.2 Å². The van der Waals surface area contributed by atoms with E-state index < -0.39 is 15.4 Å². The molecule has 0 spiro atoms. The van der Waals surface area contributed by atoms with Gasteiger partial charge in [0.15, 0.2) is 0 Å². The molecular weight excluding hydrogens is 572 g/mol. The third-order valence-corrected chi connectivity index (χ3v) is 5.67. The Kier molecular flexibility index (Phi) is 21.8. The largest absolute Gasteiger partial charge is 1.00 e. The van der Waals surface area contributed by atoms with Gasteiger partial charge in [0.1, 0.15) is 0 Å². The zero-order chi connectivity index (χ0) is 20.6. The van der Waals surface area contributed by atoms with Crippen molar-refractivity contribution in [1.29, 1.82) is 0 Å². The van der Waals surface area contributed by atoms with E-state index in [-0.39, 0.29) is 24.0 Å². The van der Waals surface area contributed by atoms with Crippen LogP contribution < -0.4 is 24.0 Å². The maximum atomic E-state index is 10.1. The van der Waals surface area contributed by atoms with E-state index in [1.807, 2.05) is 0 Å². The predicted octanol–water partition coefficient (Wildman–Crippen LogP) is 2.36. The number of aliphatic carboxylic acids is 2. The summed E-state index contributed by atoms with van der Waals surface area (Å²) in [5.74, 6) is -2.67. The zero-order valence-corrected chi connectivity index (χ0v) is 22.2. The zero-order valence-electron chi connectivity index (χ0n) is 17.9. The maximum absolute atomic E-state index is 10.1. The van der Waals surface area contributed by atoms with Crippen LogP contribution in [-0.4, -0.2) is 56.2 Å². The van der Waals surface area contributed by atoms with Gasteiger partial charge >= 0.3 is 11.9 Å². The molecule has 0 bridgehead atoms. The fourth-order valence-corrected chi connectivity index (χ4v) is 2.74. The smallest absolute Gasteiger partial charge is 0.330 e. The first-order valence-electron chi connectivity index (χ1n) is 10.1. The summed E-state index contributed by atoms with van der Waals surface area (Å²) in [5, 5.41) is 16.4. The van der Waals surface area contributed by atoms with Crippen LogP contribution in [0, 0.1) is 0 Å². The van der Waals surface area contributed by atoms with Crippen molar-refractivity contribution in [3.05, 3.63) is 0 Å². The predicted molar refractivity (Wildman–Crippen MR) is 117 cm³/mol. The van der Waals surface area contributed by atoms with Crippen LogP contribution in [0.3, 0.4) is 0 Å². The number of nitrogens with zero attached hydrogens (tertiary/aromatic N) is 1. The fourth-order valence-electron chi connectivity index (χ4n) is 2.74. The van der Waals surface area contributed by atoms with Crippen molar-refractivity contribution in [3.8, 4) is 0 Å². The molecule has 5 nitrogen and oxygen atoms in total. The summed E-state index contributed by atoms with van der Waals surface area (Å²) in [6.07, 6.45) is 11.1. The minimum absolute atomic E-state index is 0. The Hall–Kier alpha value is 0.360. The molecule has 0 aliphatic carbocycles. The maximum Gasteiger partial charge on any atom is 0.330 e. The Morgan fingerprint density at radius 1 is 0.741 bits per heavy atom. The lowest BCUT2D eigenvalue weighted by Crippen LogP contribution is -3.00. The molecule has 0 rings (SSSR count). The molecule has 7 heteroatoms. The second kappa shape index (κ2) is 18.4. The molecule has 0 aliphatic heterocycles. The van der Waals surface area contributed by atoms with Crippen molar-refractivity contribution >= 4 is 34.5 Å². The number of carboxylic acids is 2. The van der Waals surface area contributed by atoms with Crippen LogP contribution in [-0.2, 0) is 9.59 Å².